The van der Waals surface area contributed by atoms with Gasteiger partial charge in [0.1, 0.15) is 0 Å². The van der Waals surface area contributed by atoms with Crippen molar-refractivity contribution in [1.29, 1.82) is 0 Å². The number of nitrogens with zero attached hydrogens (tertiary/aromatic N) is 1. The van der Waals surface area contributed by atoms with Crippen molar-refractivity contribution in [2.75, 3.05) is 29.0 Å². The minimum Gasteiger partial charge on any atom is -0.491 e. The molecule has 1 fully saturated rings. The van der Waals surface area contributed by atoms with Gasteiger partial charge >= 0.3 is 0 Å². The number of anilines is 2. The van der Waals surface area contributed by atoms with Gasteiger partial charge in [0.15, 0.2) is 17.4 Å². The lowest BCUT2D eigenvalue weighted by Gasteiger charge is -2.17. The van der Waals surface area contributed by atoms with Crippen LogP contribution in [0, 0.1) is 11.6 Å². The van der Waals surface area contributed by atoms with Crippen molar-refractivity contribution in [1.82, 2.24) is 0 Å². The van der Waals surface area contributed by atoms with E-state index in [1.54, 1.807) is 0 Å². The molecule has 1 aliphatic rings. The van der Waals surface area contributed by atoms with Gasteiger partial charge in [0.05, 0.1) is 18.6 Å². The third-order valence-corrected chi connectivity index (χ3v) is 5.85. The van der Waals surface area contributed by atoms with E-state index in [9.17, 15) is 22.0 Å². The predicted octanol–water partition coefficient (Wildman–Crippen LogP) is 2.77. The summed E-state index contributed by atoms with van der Waals surface area (Å²) in [5, 5.41) is 2.39. The van der Waals surface area contributed by atoms with E-state index in [4.69, 9.17) is 0 Å². The standard InChI is InChI=1S/C17H16F2N2O4S/c1-25-16-14(18)9-12(10-15(16)19)20-17(22)11-3-5-13(6-4-11)21-7-2-8-26(21,23)24/h3-6,9-10H,2,7-8H2,1H3,(H,20,22). The Balaban J connectivity index is 1.77. The van der Waals surface area contributed by atoms with Gasteiger partial charge in [-0.3, -0.25) is 9.10 Å². The number of halogens is 2. The molecule has 0 aliphatic carbocycles. The first-order valence-corrected chi connectivity index (χ1v) is 9.37. The third-order valence-electron chi connectivity index (χ3n) is 3.98. The van der Waals surface area contributed by atoms with Crippen molar-refractivity contribution in [2.45, 2.75) is 6.42 Å². The fraction of sp³-hybridized carbons (Fsp3) is 0.235. The molecule has 0 atom stereocenters. The molecule has 0 saturated carbocycles. The van der Waals surface area contributed by atoms with E-state index in [-0.39, 0.29) is 17.0 Å². The molecule has 0 radical (unpaired) electrons. The molecule has 26 heavy (non-hydrogen) atoms. The number of hydrogen-bond donors (Lipinski definition) is 1. The van der Waals surface area contributed by atoms with Gasteiger partial charge in [0, 0.05) is 29.9 Å². The molecule has 0 bridgehead atoms. The fourth-order valence-corrected chi connectivity index (χ4v) is 4.30. The van der Waals surface area contributed by atoms with Crippen molar-refractivity contribution in [3.05, 3.63) is 53.6 Å². The Labute approximate surface area is 149 Å². The number of amides is 1. The number of carbonyl (C=O) groups is 1. The van der Waals surface area contributed by atoms with E-state index in [2.05, 4.69) is 10.1 Å². The van der Waals surface area contributed by atoms with Gasteiger partial charge in [-0.2, -0.15) is 0 Å². The molecule has 1 aliphatic heterocycles. The quantitative estimate of drug-likeness (QED) is 0.882. The average molecular weight is 382 g/mol. The van der Waals surface area contributed by atoms with Gasteiger partial charge < -0.3 is 10.1 Å². The van der Waals surface area contributed by atoms with Crippen LogP contribution in [-0.4, -0.2) is 33.7 Å². The molecule has 2 aromatic rings. The average Bonchev–Trinajstić information content (AvgIpc) is 2.94. The summed E-state index contributed by atoms with van der Waals surface area (Å²) in [6.07, 6.45) is 0.555. The minimum absolute atomic E-state index is 0.0583. The Morgan fingerprint density at radius 2 is 1.77 bits per heavy atom. The Bertz CT molecular complexity index is 923. The number of ether oxygens (including phenoxy) is 1. The van der Waals surface area contributed by atoms with E-state index in [0.717, 1.165) is 19.2 Å². The molecular formula is C17H16F2N2O4S. The summed E-state index contributed by atoms with van der Waals surface area (Å²) in [5.74, 6) is -2.87. The summed E-state index contributed by atoms with van der Waals surface area (Å²) < 4.78 is 57.1. The van der Waals surface area contributed by atoms with Crippen LogP contribution in [0.1, 0.15) is 16.8 Å². The van der Waals surface area contributed by atoms with Crippen LogP contribution in [0.4, 0.5) is 20.2 Å². The van der Waals surface area contributed by atoms with Gasteiger partial charge in [-0.05, 0) is 30.7 Å². The monoisotopic (exact) mass is 382 g/mol. The summed E-state index contributed by atoms with van der Waals surface area (Å²) in [6, 6.07) is 7.85. The second-order valence-electron chi connectivity index (χ2n) is 5.72. The first kappa shape index (κ1) is 18.1. The number of benzene rings is 2. The molecule has 1 saturated heterocycles. The number of rotatable bonds is 4. The van der Waals surface area contributed by atoms with Crippen LogP contribution in [0.5, 0.6) is 5.75 Å². The van der Waals surface area contributed by atoms with Crippen molar-refractivity contribution < 1.29 is 26.7 Å². The first-order chi connectivity index (χ1) is 12.3. The van der Waals surface area contributed by atoms with Crippen molar-refractivity contribution in [3.63, 3.8) is 0 Å². The molecule has 1 N–H and O–H groups in total. The number of hydrogen-bond acceptors (Lipinski definition) is 4. The number of nitrogens with one attached hydrogen (secondary N) is 1. The molecule has 2 aromatic carbocycles. The molecule has 3 rings (SSSR count). The summed E-state index contributed by atoms with van der Waals surface area (Å²) in [5.41, 5.74) is 0.638. The minimum atomic E-state index is -3.30. The van der Waals surface area contributed by atoms with Crippen molar-refractivity contribution >= 4 is 27.3 Å². The Morgan fingerprint density at radius 1 is 1.15 bits per heavy atom. The van der Waals surface area contributed by atoms with Gasteiger partial charge in [0.25, 0.3) is 5.91 Å². The zero-order valence-electron chi connectivity index (χ0n) is 13.8. The van der Waals surface area contributed by atoms with Crippen LogP contribution in [0.2, 0.25) is 0 Å². The molecule has 138 valence electrons. The zero-order chi connectivity index (χ0) is 18.9. The lowest BCUT2D eigenvalue weighted by atomic mass is 10.2. The number of carbonyl (C=O) groups excluding carboxylic acids is 1. The van der Waals surface area contributed by atoms with Gasteiger partial charge in [-0.1, -0.05) is 0 Å². The molecule has 1 amide bonds. The number of methoxy groups -OCH3 is 1. The summed E-state index contributed by atoms with van der Waals surface area (Å²) in [4.78, 5) is 12.2. The Hall–Kier alpha value is -2.68. The van der Waals surface area contributed by atoms with E-state index < -0.39 is 33.3 Å². The maximum Gasteiger partial charge on any atom is 0.255 e. The highest BCUT2D eigenvalue weighted by Gasteiger charge is 2.28. The van der Waals surface area contributed by atoms with Crippen LogP contribution in [0.3, 0.4) is 0 Å². The molecule has 0 aromatic heterocycles. The zero-order valence-corrected chi connectivity index (χ0v) is 14.6. The third kappa shape index (κ3) is 3.48. The second-order valence-corrected chi connectivity index (χ2v) is 7.73. The predicted molar refractivity (Wildman–Crippen MR) is 93.1 cm³/mol. The SMILES string of the molecule is COc1c(F)cc(NC(=O)c2ccc(N3CCCS3(=O)=O)cc2)cc1F. The second kappa shape index (κ2) is 6.91. The molecule has 0 spiro atoms. The van der Waals surface area contributed by atoms with Gasteiger partial charge in [-0.15, -0.1) is 0 Å². The van der Waals surface area contributed by atoms with Crippen LogP contribution >= 0.6 is 0 Å². The van der Waals surface area contributed by atoms with Crippen molar-refractivity contribution in [2.24, 2.45) is 0 Å². The highest BCUT2D eigenvalue weighted by atomic mass is 32.2. The topological polar surface area (TPSA) is 75.7 Å². The van der Waals surface area contributed by atoms with E-state index in [1.807, 2.05) is 0 Å². The van der Waals surface area contributed by atoms with Crippen LogP contribution in [-0.2, 0) is 10.0 Å². The van der Waals surface area contributed by atoms with Gasteiger partial charge in [-0.25, -0.2) is 17.2 Å². The van der Waals surface area contributed by atoms with Crippen LogP contribution < -0.4 is 14.4 Å². The highest BCUT2D eigenvalue weighted by Crippen LogP contribution is 2.27. The molecule has 1 heterocycles. The first-order valence-electron chi connectivity index (χ1n) is 7.76. The maximum atomic E-state index is 13.7. The highest BCUT2D eigenvalue weighted by molar-refractivity contribution is 7.93. The van der Waals surface area contributed by atoms with E-state index >= 15 is 0 Å². The molecular weight excluding hydrogens is 366 g/mol. The normalized spacial score (nSPS) is 15.7. The maximum absolute atomic E-state index is 13.7. The fourth-order valence-electron chi connectivity index (χ4n) is 2.74. The van der Waals surface area contributed by atoms with E-state index in [1.165, 1.54) is 28.6 Å². The molecule has 9 heteroatoms. The molecule has 0 unspecified atom stereocenters. The summed E-state index contributed by atoms with van der Waals surface area (Å²) in [6.45, 7) is 0.401. The van der Waals surface area contributed by atoms with E-state index in [0.29, 0.717) is 18.7 Å². The Morgan fingerprint density at radius 3 is 2.27 bits per heavy atom. The smallest absolute Gasteiger partial charge is 0.255 e. The lowest BCUT2D eigenvalue weighted by molar-refractivity contribution is 0.102. The Kier molecular flexibility index (Phi) is 4.82. The summed E-state index contributed by atoms with van der Waals surface area (Å²) >= 11 is 0. The van der Waals surface area contributed by atoms with Crippen LogP contribution in [0.15, 0.2) is 36.4 Å². The molecule has 6 nitrogen and oxygen atoms in total. The number of sulfonamides is 1. The largest absolute Gasteiger partial charge is 0.491 e. The van der Waals surface area contributed by atoms with Crippen molar-refractivity contribution in [3.8, 4) is 5.75 Å². The van der Waals surface area contributed by atoms with Gasteiger partial charge in [0.2, 0.25) is 10.0 Å². The lowest BCUT2D eigenvalue weighted by Crippen LogP contribution is -2.25. The van der Waals surface area contributed by atoms with Crippen LogP contribution in [0.25, 0.3) is 0 Å². The summed E-state index contributed by atoms with van der Waals surface area (Å²) in [7, 11) is -2.16.